The molecule has 2 heteroatoms. The molecule has 2 heterocycles. The molecular formula is C39H28N2. The maximum Gasteiger partial charge on any atom is 0.131 e. The van der Waals surface area contributed by atoms with Crippen molar-refractivity contribution in [3.63, 3.8) is 0 Å². The summed E-state index contributed by atoms with van der Waals surface area (Å²) in [7, 11) is 0. The first-order valence-corrected chi connectivity index (χ1v) is 14.5. The predicted molar refractivity (Wildman–Crippen MR) is 172 cm³/mol. The molecule has 0 radical (unpaired) electrons. The largest absolute Gasteiger partial charge is 0.363 e. The standard InChI is InChI=1S/C39H28N2/c1-2-10-25(11-3-1)28-22-23-29(32-15-7-6-14-31(28)32)27-19-20-33-34-21-18-26-12-4-5-13-30(26)38(34)39-40-35-16-8-9-17-36(35)41(39)37(33)24-27/h1-7,9-15,17-24,39-40H,8,16H2. The van der Waals surface area contributed by atoms with Gasteiger partial charge in [-0.3, -0.25) is 0 Å². The normalized spacial score (nSPS) is 16.8. The van der Waals surface area contributed by atoms with E-state index in [9.17, 15) is 0 Å². The molecule has 1 aliphatic carbocycles. The van der Waals surface area contributed by atoms with Crippen molar-refractivity contribution in [1.29, 1.82) is 0 Å². The third kappa shape index (κ3) is 3.31. The van der Waals surface area contributed by atoms with Crippen molar-refractivity contribution in [3.05, 3.63) is 150 Å². The van der Waals surface area contributed by atoms with Gasteiger partial charge in [0.05, 0.1) is 11.4 Å². The number of hydrogen-bond acceptors (Lipinski definition) is 2. The molecule has 0 spiro atoms. The van der Waals surface area contributed by atoms with Crippen LogP contribution in [-0.4, -0.2) is 0 Å². The van der Waals surface area contributed by atoms with Gasteiger partial charge in [-0.2, -0.15) is 0 Å². The average Bonchev–Trinajstić information content (AvgIpc) is 3.44. The van der Waals surface area contributed by atoms with E-state index < -0.39 is 0 Å². The first kappa shape index (κ1) is 22.7. The number of anilines is 1. The molecule has 0 aromatic heterocycles. The molecule has 0 bridgehead atoms. The van der Waals surface area contributed by atoms with Gasteiger partial charge < -0.3 is 10.2 Å². The Bertz CT molecular complexity index is 2080. The lowest BCUT2D eigenvalue weighted by Gasteiger charge is -2.37. The maximum atomic E-state index is 3.95. The molecule has 0 fully saturated rings. The van der Waals surface area contributed by atoms with Gasteiger partial charge in [-0.05, 0) is 74.3 Å². The lowest BCUT2D eigenvalue weighted by Crippen LogP contribution is -2.32. The minimum Gasteiger partial charge on any atom is -0.363 e. The fourth-order valence-corrected chi connectivity index (χ4v) is 7.23. The highest BCUT2D eigenvalue weighted by molar-refractivity contribution is 6.06. The number of nitrogens with zero attached hydrogens (tertiary/aromatic N) is 1. The minimum absolute atomic E-state index is 0.0869. The Hall–Kier alpha value is -5.08. The molecule has 1 atom stereocenters. The number of fused-ring (bicyclic) bond motifs is 10. The second-order valence-corrected chi connectivity index (χ2v) is 11.3. The second-order valence-electron chi connectivity index (χ2n) is 11.3. The lowest BCUT2D eigenvalue weighted by molar-refractivity contribution is 0.635. The van der Waals surface area contributed by atoms with E-state index in [1.54, 1.807) is 0 Å². The van der Waals surface area contributed by atoms with E-state index in [0.29, 0.717) is 0 Å². The van der Waals surface area contributed by atoms with Crippen molar-refractivity contribution in [1.82, 2.24) is 5.32 Å². The van der Waals surface area contributed by atoms with Crippen molar-refractivity contribution in [2.75, 3.05) is 4.90 Å². The molecule has 194 valence electrons. The molecule has 0 saturated carbocycles. The Morgan fingerprint density at radius 2 is 1.27 bits per heavy atom. The van der Waals surface area contributed by atoms with Gasteiger partial charge in [0, 0.05) is 16.8 Å². The van der Waals surface area contributed by atoms with Crippen molar-refractivity contribution in [2.24, 2.45) is 0 Å². The van der Waals surface area contributed by atoms with Gasteiger partial charge in [-0.1, -0.05) is 121 Å². The highest BCUT2D eigenvalue weighted by Gasteiger charge is 2.40. The zero-order chi connectivity index (χ0) is 26.9. The smallest absolute Gasteiger partial charge is 0.131 e. The topological polar surface area (TPSA) is 15.3 Å². The second kappa shape index (κ2) is 8.71. The lowest BCUT2D eigenvalue weighted by atomic mass is 9.85. The van der Waals surface area contributed by atoms with Crippen LogP contribution < -0.4 is 10.2 Å². The fraction of sp³-hybridized carbons (Fsp3) is 0.0769. The molecule has 6 aromatic rings. The van der Waals surface area contributed by atoms with Gasteiger partial charge in [0.25, 0.3) is 0 Å². The van der Waals surface area contributed by atoms with E-state index in [1.807, 2.05) is 0 Å². The third-order valence-electron chi connectivity index (χ3n) is 9.09. The highest BCUT2D eigenvalue weighted by atomic mass is 15.3. The van der Waals surface area contributed by atoms with Crippen LogP contribution in [0.3, 0.4) is 0 Å². The SMILES string of the molecule is C1=CC2=C(CC1)NC1c3c(ccc4ccccc34)-c3ccc(-c4ccc(-c5ccccc5)c5ccccc45)cc3N21. The van der Waals surface area contributed by atoms with E-state index in [-0.39, 0.29) is 6.17 Å². The number of benzene rings is 6. The van der Waals surface area contributed by atoms with Gasteiger partial charge in [0.15, 0.2) is 0 Å². The summed E-state index contributed by atoms with van der Waals surface area (Å²) in [5.41, 5.74) is 13.0. The average molecular weight is 525 g/mol. The molecule has 2 aliphatic heterocycles. The van der Waals surface area contributed by atoms with Crippen molar-refractivity contribution < 1.29 is 0 Å². The molecule has 0 amide bonds. The Morgan fingerprint density at radius 1 is 0.585 bits per heavy atom. The molecule has 1 N–H and O–H groups in total. The summed E-state index contributed by atoms with van der Waals surface area (Å²) < 4.78 is 0. The zero-order valence-corrected chi connectivity index (χ0v) is 22.6. The molecular weight excluding hydrogens is 496 g/mol. The van der Waals surface area contributed by atoms with Crippen LogP contribution in [0.5, 0.6) is 0 Å². The van der Waals surface area contributed by atoms with Crippen molar-refractivity contribution in [2.45, 2.75) is 19.0 Å². The summed E-state index contributed by atoms with van der Waals surface area (Å²) in [6.07, 6.45) is 6.87. The highest BCUT2D eigenvalue weighted by Crippen LogP contribution is 2.53. The molecule has 1 unspecified atom stereocenters. The van der Waals surface area contributed by atoms with Crippen LogP contribution >= 0.6 is 0 Å². The third-order valence-corrected chi connectivity index (χ3v) is 9.09. The van der Waals surface area contributed by atoms with Crippen LogP contribution in [0, 0.1) is 0 Å². The first-order chi connectivity index (χ1) is 20.3. The van der Waals surface area contributed by atoms with E-state index >= 15 is 0 Å². The van der Waals surface area contributed by atoms with E-state index in [4.69, 9.17) is 0 Å². The van der Waals surface area contributed by atoms with Gasteiger partial charge in [0.2, 0.25) is 0 Å². The van der Waals surface area contributed by atoms with Crippen LogP contribution in [0.15, 0.2) is 145 Å². The van der Waals surface area contributed by atoms with Gasteiger partial charge in [0.1, 0.15) is 6.17 Å². The van der Waals surface area contributed by atoms with Crippen molar-refractivity contribution >= 4 is 27.2 Å². The molecule has 3 aliphatic rings. The molecule has 41 heavy (non-hydrogen) atoms. The Morgan fingerprint density at radius 3 is 2.10 bits per heavy atom. The van der Waals surface area contributed by atoms with Crippen LogP contribution in [0.25, 0.3) is 54.9 Å². The molecule has 0 saturated heterocycles. The summed E-state index contributed by atoms with van der Waals surface area (Å²) in [5, 5.41) is 9.14. The van der Waals surface area contributed by atoms with Crippen molar-refractivity contribution in [3.8, 4) is 33.4 Å². The van der Waals surface area contributed by atoms with Gasteiger partial charge >= 0.3 is 0 Å². The summed E-state index contributed by atoms with van der Waals surface area (Å²) in [6.45, 7) is 0. The quantitative estimate of drug-likeness (QED) is 0.242. The molecule has 9 rings (SSSR count). The fourth-order valence-electron chi connectivity index (χ4n) is 7.23. The van der Waals surface area contributed by atoms with E-state index in [1.165, 1.54) is 77.6 Å². The maximum absolute atomic E-state index is 3.95. The van der Waals surface area contributed by atoms with Gasteiger partial charge in [-0.15, -0.1) is 0 Å². The van der Waals surface area contributed by atoms with E-state index in [0.717, 1.165) is 12.8 Å². The van der Waals surface area contributed by atoms with Gasteiger partial charge in [-0.25, -0.2) is 0 Å². The predicted octanol–water partition coefficient (Wildman–Crippen LogP) is 9.98. The van der Waals surface area contributed by atoms with Crippen LogP contribution in [0.2, 0.25) is 0 Å². The number of rotatable bonds is 2. The van der Waals surface area contributed by atoms with Crippen LogP contribution in [0.4, 0.5) is 5.69 Å². The van der Waals surface area contributed by atoms with Crippen LogP contribution in [0.1, 0.15) is 24.6 Å². The molecule has 2 nitrogen and oxygen atoms in total. The summed E-state index contributed by atoms with van der Waals surface area (Å²) in [5.74, 6) is 0. The first-order valence-electron chi connectivity index (χ1n) is 14.5. The zero-order valence-electron chi connectivity index (χ0n) is 22.6. The molecule has 6 aromatic carbocycles. The number of allylic oxidation sites excluding steroid dienone is 3. The Labute approximate surface area is 239 Å². The Balaban J connectivity index is 1.28. The Kier molecular flexibility index (Phi) is 4.82. The van der Waals surface area contributed by atoms with E-state index in [2.05, 4.69) is 144 Å². The summed E-state index contributed by atoms with van der Waals surface area (Å²) >= 11 is 0. The number of hydrogen-bond donors (Lipinski definition) is 1. The van der Waals surface area contributed by atoms with Crippen LogP contribution in [-0.2, 0) is 0 Å². The number of nitrogens with one attached hydrogen (secondary N) is 1. The summed E-state index contributed by atoms with van der Waals surface area (Å²) in [6, 6.07) is 44.6. The summed E-state index contributed by atoms with van der Waals surface area (Å²) in [4.78, 5) is 2.55. The minimum atomic E-state index is 0.0869. The monoisotopic (exact) mass is 524 g/mol.